The van der Waals surface area contributed by atoms with Crippen LogP contribution < -0.4 is 11.1 Å². The zero-order valence-corrected chi connectivity index (χ0v) is 21.3. The molecule has 1 heterocycles. The Morgan fingerprint density at radius 2 is 1.64 bits per heavy atom. The van der Waals surface area contributed by atoms with Gasteiger partial charge in [0.25, 0.3) is 5.91 Å². The highest BCUT2D eigenvalue weighted by Gasteiger charge is 2.43. The molecule has 0 spiro atoms. The van der Waals surface area contributed by atoms with Crippen molar-refractivity contribution in [1.82, 2.24) is 10.2 Å². The summed E-state index contributed by atoms with van der Waals surface area (Å²) < 4.78 is 5.32. The minimum atomic E-state index is -1.05. The highest BCUT2D eigenvalue weighted by molar-refractivity contribution is 6.36. The van der Waals surface area contributed by atoms with Gasteiger partial charge in [-0.3, -0.25) is 19.2 Å². The number of ether oxygens (including phenoxy) is 1. The first-order valence-corrected chi connectivity index (χ1v) is 11.6. The van der Waals surface area contributed by atoms with Gasteiger partial charge in [0.2, 0.25) is 11.7 Å². The monoisotopic (exact) mass is 467 g/mol. The number of hydrogen-bond acceptors (Lipinski definition) is 6. The van der Waals surface area contributed by atoms with Crippen molar-refractivity contribution in [2.75, 3.05) is 6.54 Å². The third-order valence-electron chi connectivity index (χ3n) is 5.50. The summed E-state index contributed by atoms with van der Waals surface area (Å²) in [7, 11) is 0. The quantitative estimate of drug-likeness (QED) is 0.500. The molecule has 3 amide bonds. The smallest absolute Gasteiger partial charge is 0.408 e. The number of amides is 3. The van der Waals surface area contributed by atoms with E-state index in [0.717, 1.165) is 0 Å². The van der Waals surface area contributed by atoms with Gasteiger partial charge in [0, 0.05) is 18.9 Å². The standard InChI is InChI=1S/C24H41N3O6/c1-14(2)12-15(18(29)20(25)30)13-17(28)16-10-9-11-27(16)21(31)19(23(3,4)5)26-22(32)33-24(6,7)8/h14-16,19H,9-13H2,1-8H3,(H2,25,30)(H,26,32)/t15?,16-,19+/m0/s1. The van der Waals surface area contributed by atoms with Crippen LogP contribution in [0.1, 0.15) is 81.1 Å². The molecule has 1 rings (SSSR count). The topological polar surface area (TPSA) is 136 Å². The maximum Gasteiger partial charge on any atom is 0.408 e. The molecular weight excluding hydrogens is 426 g/mol. The maximum atomic E-state index is 13.5. The van der Waals surface area contributed by atoms with E-state index in [2.05, 4.69) is 5.32 Å². The molecule has 33 heavy (non-hydrogen) atoms. The highest BCUT2D eigenvalue weighted by Crippen LogP contribution is 2.28. The van der Waals surface area contributed by atoms with E-state index in [1.54, 1.807) is 20.8 Å². The van der Waals surface area contributed by atoms with Gasteiger partial charge in [-0.15, -0.1) is 0 Å². The van der Waals surface area contributed by atoms with Crippen LogP contribution in [0.2, 0.25) is 0 Å². The summed E-state index contributed by atoms with van der Waals surface area (Å²) in [4.78, 5) is 64.2. The van der Waals surface area contributed by atoms with E-state index in [4.69, 9.17) is 10.5 Å². The fourth-order valence-corrected chi connectivity index (χ4v) is 4.04. The molecule has 1 fully saturated rings. The molecule has 3 atom stereocenters. The molecule has 0 bridgehead atoms. The van der Waals surface area contributed by atoms with Gasteiger partial charge in [0.1, 0.15) is 11.6 Å². The molecule has 0 aromatic rings. The van der Waals surface area contributed by atoms with Crippen molar-refractivity contribution in [1.29, 1.82) is 0 Å². The van der Waals surface area contributed by atoms with E-state index in [9.17, 15) is 24.0 Å². The second-order valence-electron chi connectivity index (χ2n) is 11.4. The maximum absolute atomic E-state index is 13.5. The van der Waals surface area contributed by atoms with Gasteiger partial charge < -0.3 is 20.7 Å². The van der Waals surface area contributed by atoms with E-state index >= 15 is 0 Å². The third kappa shape index (κ3) is 8.78. The Balaban J connectivity index is 3.06. The number of carbonyl (C=O) groups excluding carboxylic acids is 5. The molecule has 188 valence electrons. The second kappa shape index (κ2) is 11.1. The van der Waals surface area contributed by atoms with Gasteiger partial charge in [0.05, 0.1) is 6.04 Å². The first kappa shape index (κ1) is 28.6. The van der Waals surface area contributed by atoms with Crippen LogP contribution in [0.15, 0.2) is 0 Å². The Morgan fingerprint density at radius 3 is 2.09 bits per heavy atom. The van der Waals surface area contributed by atoms with E-state index in [-0.39, 0.29) is 24.0 Å². The molecule has 1 saturated heterocycles. The largest absolute Gasteiger partial charge is 0.444 e. The average Bonchev–Trinajstić information content (AvgIpc) is 3.11. The first-order chi connectivity index (χ1) is 14.9. The summed E-state index contributed by atoms with van der Waals surface area (Å²) in [6.45, 7) is 14.8. The van der Waals surface area contributed by atoms with Crippen molar-refractivity contribution < 1.29 is 28.7 Å². The van der Waals surface area contributed by atoms with Crippen molar-refractivity contribution in [3.63, 3.8) is 0 Å². The van der Waals surface area contributed by atoms with E-state index in [1.165, 1.54) is 4.90 Å². The Bertz CT molecular complexity index is 763. The number of primary amides is 1. The van der Waals surface area contributed by atoms with Gasteiger partial charge in [-0.2, -0.15) is 0 Å². The van der Waals surface area contributed by atoms with Crippen LogP contribution >= 0.6 is 0 Å². The SMILES string of the molecule is CC(C)CC(CC(=O)[C@@H]1CCCN1C(=O)[C@@H](NC(=O)OC(C)(C)C)C(C)(C)C)C(=O)C(N)=O. The molecule has 1 aliphatic rings. The summed E-state index contributed by atoms with van der Waals surface area (Å²) >= 11 is 0. The van der Waals surface area contributed by atoms with Crippen LogP contribution in [0.25, 0.3) is 0 Å². The van der Waals surface area contributed by atoms with Crippen molar-refractivity contribution in [2.24, 2.45) is 23.0 Å². The van der Waals surface area contributed by atoms with Crippen LogP contribution in [-0.2, 0) is 23.9 Å². The molecule has 9 nitrogen and oxygen atoms in total. The predicted molar refractivity (Wildman–Crippen MR) is 124 cm³/mol. The summed E-state index contributed by atoms with van der Waals surface area (Å²) in [6, 6.07) is -1.61. The second-order valence-corrected chi connectivity index (χ2v) is 11.4. The lowest BCUT2D eigenvalue weighted by Gasteiger charge is -2.36. The lowest BCUT2D eigenvalue weighted by atomic mass is 9.84. The van der Waals surface area contributed by atoms with Gasteiger partial charge >= 0.3 is 6.09 Å². The normalized spacial score (nSPS) is 18.6. The third-order valence-corrected chi connectivity index (χ3v) is 5.50. The first-order valence-electron chi connectivity index (χ1n) is 11.6. The Morgan fingerprint density at radius 1 is 1.06 bits per heavy atom. The van der Waals surface area contributed by atoms with Gasteiger partial charge in [-0.05, 0) is 51.4 Å². The van der Waals surface area contributed by atoms with Crippen LogP contribution in [0.5, 0.6) is 0 Å². The summed E-state index contributed by atoms with van der Waals surface area (Å²) in [6.07, 6.45) is 0.603. The fraction of sp³-hybridized carbons (Fsp3) is 0.792. The van der Waals surface area contributed by atoms with Crippen molar-refractivity contribution >= 4 is 29.5 Å². The van der Waals surface area contributed by atoms with Crippen LogP contribution in [0, 0.1) is 17.3 Å². The average molecular weight is 468 g/mol. The molecular formula is C24H41N3O6. The van der Waals surface area contributed by atoms with Crippen molar-refractivity contribution in [3.8, 4) is 0 Å². The van der Waals surface area contributed by atoms with Gasteiger partial charge in [-0.1, -0.05) is 34.6 Å². The number of carbonyl (C=O) groups is 5. The van der Waals surface area contributed by atoms with Crippen LogP contribution in [-0.4, -0.2) is 58.6 Å². The molecule has 0 radical (unpaired) electrons. The molecule has 0 aromatic heterocycles. The molecule has 1 unspecified atom stereocenters. The number of likely N-dealkylation sites (tertiary alicyclic amines) is 1. The summed E-state index contributed by atoms with van der Waals surface area (Å²) in [5.74, 6) is -3.16. The number of alkyl carbamates (subject to hydrolysis) is 1. The Hall–Kier alpha value is -2.45. The lowest BCUT2D eigenvalue weighted by Crippen LogP contribution is -2.57. The fourth-order valence-electron chi connectivity index (χ4n) is 4.04. The number of hydrogen-bond donors (Lipinski definition) is 2. The molecule has 9 heteroatoms. The zero-order valence-electron chi connectivity index (χ0n) is 21.3. The Kier molecular flexibility index (Phi) is 9.63. The molecule has 0 saturated carbocycles. The number of ketones is 2. The summed E-state index contributed by atoms with van der Waals surface area (Å²) in [5, 5.41) is 2.67. The number of Topliss-reactive ketones (excluding diaryl/α,β-unsaturated/α-hetero) is 2. The highest BCUT2D eigenvalue weighted by atomic mass is 16.6. The molecule has 0 aromatic carbocycles. The van der Waals surface area contributed by atoms with Crippen LogP contribution in [0.4, 0.5) is 4.79 Å². The van der Waals surface area contributed by atoms with Crippen molar-refractivity contribution in [2.45, 2.75) is 98.8 Å². The number of nitrogens with two attached hydrogens (primary N) is 1. The van der Waals surface area contributed by atoms with E-state index < -0.39 is 46.8 Å². The Labute approximate surface area is 197 Å². The molecule has 1 aliphatic heterocycles. The van der Waals surface area contributed by atoms with E-state index in [0.29, 0.717) is 25.8 Å². The number of nitrogens with one attached hydrogen (secondary N) is 1. The van der Waals surface area contributed by atoms with Crippen LogP contribution in [0.3, 0.4) is 0 Å². The van der Waals surface area contributed by atoms with Gasteiger partial charge in [0.15, 0.2) is 5.78 Å². The molecule has 3 N–H and O–H groups in total. The van der Waals surface area contributed by atoms with E-state index in [1.807, 2.05) is 34.6 Å². The zero-order chi connectivity index (χ0) is 25.7. The number of nitrogens with zero attached hydrogens (tertiary/aromatic N) is 1. The predicted octanol–water partition coefficient (Wildman–Crippen LogP) is 2.59. The molecule has 0 aliphatic carbocycles. The lowest BCUT2D eigenvalue weighted by molar-refractivity contribution is -0.143. The number of rotatable bonds is 9. The van der Waals surface area contributed by atoms with Gasteiger partial charge in [-0.25, -0.2) is 4.79 Å². The van der Waals surface area contributed by atoms with Crippen molar-refractivity contribution in [3.05, 3.63) is 0 Å². The summed E-state index contributed by atoms with van der Waals surface area (Å²) in [5.41, 5.74) is 3.82. The minimum absolute atomic E-state index is 0.0933. The minimum Gasteiger partial charge on any atom is -0.444 e.